The summed E-state index contributed by atoms with van der Waals surface area (Å²) >= 11 is 0. The molecular weight excluding hydrogens is 320 g/mol. The van der Waals surface area contributed by atoms with Crippen molar-refractivity contribution in [3.05, 3.63) is 60.2 Å². The fourth-order valence-electron chi connectivity index (χ4n) is 2.14. The van der Waals surface area contributed by atoms with E-state index in [4.69, 9.17) is 9.26 Å². The Morgan fingerprint density at radius 1 is 1.20 bits per heavy atom. The van der Waals surface area contributed by atoms with Crippen molar-refractivity contribution in [2.75, 3.05) is 0 Å². The highest BCUT2D eigenvalue weighted by Crippen LogP contribution is 2.20. The molecule has 0 saturated heterocycles. The van der Waals surface area contributed by atoms with Crippen LogP contribution >= 0.6 is 0 Å². The Bertz CT molecular complexity index is 829. The summed E-state index contributed by atoms with van der Waals surface area (Å²) in [6.07, 6.45) is 1.77. The lowest BCUT2D eigenvalue weighted by Crippen LogP contribution is -2.23. The second-order valence-electron chi connectivity index (χ2n) is 5.62. The summed E-state index contributed by atoms with van der Waals surface area (Å²) in [6, 6.07) is 12.8. The van der Waals surface area contributed by atoms with Crippen LogP contribution in [0.5, 0.6) is 5.75 Å². The smallest absolute Gasteiger partial charge is 0.316 e. The van der Waals surface area contributed by atoms with Gasteiger partial charge in [0.25, 0.3) is 0 Å². The van der Waals surface area contributed by atoms with E-state index in [0.717, 1.165) is 17.0 Å². The number of ether oxygens (including phenoxy) is 1. The van der Waals surface area contributed by atoms with E-state index in [0.29, 0.717) is 12.4 Å². The Morgan fingerprint density at radius 3 is 2.68 bits per heavy atom. The monoisotopic (exact) mass is 338 g/mol. The van der Waals surface area contributed by atoms with E-state index < -0.39 is 5.91 Å². The number of hydrogen-bond donors (Lipinski definition) is 1. The topological polar surface area (TPSA) is 90.1 Å². The van der Waals surface area contributed by atoms with E-state index in [2.05, 4.69) is 20.4 Å². The van der Waals surface area contributed by atoms with E-state index in [-0.39, 0.29) is 12.0 Å². The molecule has 1 N–H and O–H groups in total. The van der Waals surface area contributed by atoms with Gasteiger partial charge in [-0.25, -0.2) is 0 Å². The minimum atomic E-state index is -0.441. The van der Waals surface area contributed by atoms with E-state index in [1.165, 1.54) is 0 Å². The van der Waals surface area contributed by atoms with Crippen LogP contribution in [0.4, 0.5) is 0 Å². The van der Waals surface area contributed by atoms with Gasteiger partial charge in [0.2, 0.25) is 5.82 Å². The molecular formula is C18H18N4O3. The van der Waals surface area contributed by atoms with Gasteiger partial charge >= 0.3 is 11.8 Å². The van der Waals surface area contributed by atoms with Crippen LogP contribution in [-0.2, 0) is 6.54 Å². The van der Waals surface area contributed by atoms with E-state index in [1.807, 2.05) is 56.3 Å². The lowest BCUT2D eigenvalue weighted by molar-refractivity contribution is 0.0906. The summed E-state index contributed by atoms with van der Waals surface area (Å²) in [7, 11) is 0. The summed E-state index contributed by atoms with van der Waals surface area (Å²) in [5, 5.41) is 6.54. The highest BCUT2D eigenvalue weighted by atomic mass is 16.5. The molecule has 3 rings (SSSR count). The first-order chi connectivity index (χ1) is 12.1. The normalized spacial score (nSPS) is 10.7. The third-order valence-electron chi connectivity index (χ3n) is 3.26. The molecule has 0 radical (unpaired) electrons. The average Bonchev–Trinajstić information content (AvgIpc) is 3.11. The molecule has 2 aromatic heterocycles. The van der Waals surface area contributed by atoms with Gasteiger partial charge < -0.3 is 14.6 Å². The number of rotatable bonds is 6. The molecule has 1 amide bonds. The van der Waals surface area contributed by atoms with Gasteiger partial charge in [-0.05, 0) is 50.2 Å². The van der Waals surface area contributed by atoms with Crippen molar-refractivity contribution in [1.82, 2.24) is 20.4 Å². The lowest BCUT2D eigenvalue weighted by atomic mass is 10.2. The minimum absolute atomic E-state index is 0.0894. The first-order valence-corrected chi connectivity index (χ1v) is 7.91. The number of amides is 1. The number of nitrogens with zero attached hydrogens (tertiary/aromatic N) is 3. The van der Waals surface area contributed by atoms with Crippen molar-refractivity contribution in [2.45, 2.75) is 26.5 Å². The average molecular weight is 338 g/mol. The summed E-state index contributed by atoms with van der Waals surface area (Å²) in [4.78, 5) is 20.3. The Labute approximate surface area is 145 Å². The Kier molecular flexibility index (Phi) is 5.03. The molecule has 1 aromatic carbocycles. The zero-order chi connectivity index (χ0) is 17.6. The van der Waals surface area contributed by atoms with Crippen LogP contribution in [-0.4, -0.2) is 27.1 Å². The van der Waals surface area contributed by atoms with Crippen molar-refractivity contribution >= 4 is 5.91 Å². The molecule has 0 atom stereocenters. The van der Waals surface area contributed by atoms with E-state index >= 15 is 0 Å². The number of carbonyl (C=O) groups excluding carboxylic acids is 1. The number of carbonyl (C=O) groups is 1. The van der Waals surface area contributed by atoms with Crippen LogP contribution in [0.3, 0.4) is 0 Å². The standard InChI is InChI=1S/C18H18N4O3/c1-12(2)24-15-8-6-13(7-9-15)16-21-18(25-22-16)17(23)20-11-14-5-3-4-10-19-14/h3-10,12H,11H2,1-2H3,(H,20,23). The number of nitrogens with one attached hydrogen (secondary N) is 1. The second-order valence-corrected chi connectivity index (χ2v) is 5.62. The van der Waals surface area contributed by atoms with Crippen molar-refractivity contribution in [2.24, 2.45) is 0 Å². The molecule has 0 bridgehead atoms. The minimum Gasteiger partial charge on any atom is -0.491 e. The van der Waals surface area contributed by atoms with Gasteiger partial charge in [-0.2, -0.15) is 4.98 Å². The third kappa shape index (κ3) is 4.41. The molecule has 128 valence electrons. The molecule has 25 heavy (non-hydrogen) atoms. The SMILES string of the molecule is CC(C)Oc1ccc(-c2noc(C(=O)NCc3ccccn3)n2)cc1. The van der Waals surface area contributed by atoms with Gasteiger partial charge in [0.1, 0.15) is 5.75 Å². The van der Waals surface area contributed by atoms with Gasteiger partial charge in [0.15, 0.2) is 0 Å². The van der Waals surface area contributed by atoms with Crippen LogP contribution in [0.25, 0.3) is 11.4 Å². The van der Waals surface area contributed by atoms with Crippen molar-refractivity contribution in [3.63, 3.8) is 0 Å². The first-order valence-electron chi connectivity index (χ1n) is 7.91. The second kappa shape index (κ2) is 7.57. The van der Waals surface area contributed by atoms with Crippen LogP contribution in [0.2, 0.25) is 0 Å². The van der Waals surface area contributed by atoms with Gasteiger partial charge in [-0.3, -0.25) is 9.78 Å². The van der Waals surface area contributed by atoms with Crippen LogP contribution in [0.1, 0.15) is 30.2 Å². The Hall–Kier alpha value is -3.22. The largest absolute Gasteiger partial charge is 0.491 e. The number of hydrogen-bond acceptors (Lipinski definition) is 6. The zero-order valence-corrected chi connectivity index (χ0v) is 14.0. The maximum atomic E-state index is 12.1. The van der Waals surface area contributed by atoms with Gasteiger partial charge in [0.05, 0.1) is 18.3 Å². The molecule has 7 heteroatoms. The number of benzene rings is 1. The summed E-state index contributed by atoms with van der Waals surface area (Å²) in [5.41, 5.74) is 1.49. The molecule has 0 spiro atoms. The molecule has 0 aliphatic carbocycles. The van der Waals surface area contributed by atoms with E-state index in [9.17, 15) is 4.79 Å². The highest BCUT2D eigenvalue weighted by Gasteiger charge is 2.16. The Balaban J connectivity index is 1.64. The van der Waals surface area contributed by atoms with Crippen molar-refractivity contribution in [3.8, 4) is 17.1 Å². The summed E-state index contributed by atoms with van der Waals surface area (Å²) < 4.78 is 10.6. The molecule has 0 fully saturated rings. The fourth-order valence-corrected chi connectivity index (χ4v) is 2.14. The van der Waals surface area contributed by atoms with Gasteiger partial charge in [-0.15, -0.1) is 0 Å². The zero-order valence-electron chi connectivity index (χ0n) is 14.0. The summed E-state index contributed by atoms with van der Waals surface area (Å²) in [6.45, 7) is 4.21. The molecule has 0 unspecified atom stereocenters. The first kappa shape index (κ1) is 16.6. The predicted molar refractivity (Wildman–Crippen MR) is 90.9 cm³/mol. The molecule has 0 aliphatic heterocycles. The molecule has 7 nitrogen and oxygen atoms in total. The number of pyridine rings is 1. The van der Waals surface area contributed by atoms with Crippen molar-refractivity contribution < 1.29 is 14.1 Å². The van der Waals surface area contributed by atoms with Crippen molar-refractivity contribution in [1.29, 1.82) is 0 Å². The summed E-state index contributed by atoms with van der Waals surface area (Å²) in [5.74, 6) is 0.576. The Morgan fingerprint density at radius 2 is 2.00 bits per heavy atom. The lowest BCUT2D eigenvalue weighted by Gasteiger charge is -2.09. The third-order valence-corrected chi connectivity index (χ3v) is 3.26. The van der Waals surface area contributed by atoms with Crippen LogP contribution in [0, 0.1) is 0 Å². The quantitative estimate of drug-likeness (QED) is 0.743. The fraction of sp³-hybridized carbons (Fsp3) is 0.222. The highest BCUT2D eigenvalue weighted by molar-refractivity contribution is 5.89. The molecule has 2 heterocycles. The maximum Gasteiger partial charge on any atom is 0.316 e. The molecule has 0 saturated carbocycles. The predicted octanol–water partition coefficient (Wildman–Crippen LogP) is 2.85. The molecule has 3 aromatic rings. The maximum absolute atomic E-state index is 12.1. The van der Waals surface area contributed by atoms with Crippen LogP contribution in [0.15, 0.2) is 53.2 Å². The van der Waals surface area contributed by atoms with Crippen LogP contribution < -0.4 is 10.1 Å². The number of aromatic nitrogens is 3. The van der Waals surface area contributed by atoms with E-state index in [1.54, 1.807) is 6.20 Å². The van der Waals surface area contributed by atoms with Gasteiger partial charge in [-0.1, -0.05) is 11.2 Å². The molecule has 0 aliphatic rings. The van der Waals surface area contributed by atoms with Gasteiger partial charge in [0, 0.05) is 11.8 Å².